The molecule has 0 spiro atoms. The third-order valence-corrected chi connectivity index (χ3v) is 3.82. The lowest BCUT2D eigenvalue weighted by Crippen LogP contribution is -2.24. The molecule has 6 nitrogen and oxygen atoms in total. The minimum absolute atomic E-state index is 0.0614. The summed E-state index contributed by atoms with van der Waals surface area (Å²) in [6.45, 7) is 0.999. The van der Waals surface area contributed by atoms with E-state index >= 15 is 0 Å². The fourth-order valence-corrected chi connectivity index (χ4v) is 2.74. The van der Waals surface area contributed by atoms with E-state index in [-0.39, 0.29) is 6.73 Å². The Morgan fingerprint density at radius 2 is 1.26 bits per heavy atom. The summed E-state index contributed by atoms with van der Waals surface area (Å²) in [7, 11) is 0. The molecule has 6 heteroatoms. The van der Waals surface area contributed by atoms with E-state index < -0.39 is 0 Å². The lowest BCUT2D eigenvalue weighted by Gasteiger charge is -2.16. The first kappa shape index (κ1) is 13.9. The van der Waals surface area contributed by atoms with E-state index in [9.17, 15) is 5.11 Å². The van der Waals surface area contributed by atoms with Crippen LogP contribution in [0.25, 0.3) is 22.1 Å². The molecule has 2 heterocycles. The van der Waals surface area contributed by atoms with Crippen LogP contribution in [0.5, 0.6) is 0 Å². The van der Waals surface area contributed by atoms with Gasteiger partial charge in [0, 0.05) is 0 Å². The van der Waals surface area contributed by atoms with Crippen LogP contribution in [0.4, 0.5) is 0 Å². The Bertz CT molecular complexity index is 800. The molecular formula is C17H17N5O. The molecule has 0 radical (unpaired) electrons. The van der Waals surface area contributed by atoms with Gasteiger partial charge in [-0.15, -0.1) is 0 Å². The van der Waals surface area contributed by atoms with Crippen molar-refractivity contribution in [1.29, 1.82) is 0 Å². The fraction of sp³-hybridized carbons (Fsp3) is 0.176. The van der Waals surface area contributed by atoms with Crippen LogP contribution in [-0.4, -0.2) is 36.7 Å². The molecule has 0 unspecified atom stereocenters. The van der Waals surface area contributed by atoms with Crippen LogP contribution in [0, 0.1) is 0 Å². The average molecular weight is 307 g/mol. The van der Waals surface area contributed by atoms with Gasteiger partial charge in [-0.3, -0.25) is 4.90 Å². The molecule has 2 aromatic heterocycles. The van der Waals surface area contributed by atoms with E-state index in [4.69, 9.17) is 0 Å². The lowest BCUT2D eigenvalue weighted by atomic mass is 10.3. The topological polar surface area (TPSA) is 80.8 Å². The van der Waals surface area contributed by atoms with E-state index in [0.717, 1.165) is 33.7 Å². The summed E-state index contributed by atoms with van der Waals surface area (Å²) in [6, 6.07) is 15.8. The maximum absolute atomic E-state index is 9.64. The van der Waals surface area contributed by atoms with Crippen molar-refractivity contribution < 1.29 is 5.11 Å². The number of aromatic amines is 2. The van der Waals surface area contributed by atoms with Crippen molar-refractivity contribution in [3.8, 4) is 0 Å². The minimum Gasteiger partial charge on any atom is -0.381 e. The van der Waals surface area contributed by atoms with Crippen molar-refractivity contribution in [2.24, 2.45) is 0 Å². The maximum atomic E-state index is 9.64. The van der Waals surface area contributed by atoms with E-state index in [2.05, 4.69) is 19.9 Å². The molecule has 0 aliphatic rings. The van der Waals surface area contributed by atoms with Gasteiger partial charge in [0.25, 0.3) is 0 Å². The minimum atomic E-state index is -0.0614. The van der Waals surface area contributed by atoms with Gasteiger partial charge in [-0.25, -0.2) is 9.97 Å². The molecule has 23 heavy (non-hydrogen) atoms. The highest BCUT2D eigenvalue weighted by molar-refractivity contribution is 5.75. The zero-order chi connectivity index (χ0) is 15.6. The predicted molar refractivity (Wildman–Crippen MR) is 88.5 cm³/mol. The number of hydrogen-bond donors (Lipinski definition) is 3. The Hall–Kier alpha value is -2.70. The van der Waals surface area contributed by atoms with Crippen molar-refractivity contribution in [3.63, 3.8) is 0 Å². The van der Waals surface area contributed by atoms with Crippen molar-refractivity contribution in [1.82, 2.24) is 24.8 Å². The van der Waals surface area contributed by atoms with Crippen LogP contribution in [0.2, 0.25) is 0 Å². The second kappa shape index (κ2) is 5.83. The molecule has 4 aromatic rings. The Labute approximate surface area is 132 Å². The molecule has 0 amide bonds. The van der Waals surface area contributed by atoms with Crippen LogP contribution in [0.1, 0.15) is 11.6 Å². The summed E-state index contributed by atoms with van der Waals surface area (Å²) >= 11 is 0. The van der Waals surface area contributed by atoms with Gasteiger partial charge in [0.15, 0.2) is 0 Å². The number of aliphatic hydroxyl groups excluding tert-OH is 1. The van der Waals surface area contributed by atoms with Gasteiger partial charge < -0.3 is 15.1 Å². The van der Waals surface area contributed by atoms with Gasteiger partial charge in [0.2, 0.25) is 0 Å². The molecule has 2 aromatic carbocycles. The lowest BCUT2D eigenvalue weighted by molar-refractivity contribution is 0.0897. The SMILES string of the molecule is OCN(Cc1nc2ccccc2[nH]1)Cc1nc2ccccc2[nH]1. The first-order valence-corrected chi connectivity index (χ1v) is 7.52. The zero-order valence-corrected chi connectivity index (χ0v) is 12.5. The van der Waals surface area contributed by atoms with Gasteiger partial charge in [0.05, 0.1) is 41.9 Å². The van der Waals surface area contributed by atoms with Crippen LogP contribution in [0.3, 0.4) is 0 Å². The number of H-pyrrole nitrogens is 2. The van der Waals surface area contributed by atoms with Crippen molar-refractivity contribution in [3.05, 3.63) is 60.2 Å². The van der Waals surface area contributed by atoms with Crippen molar-refractivity contribution in [2.45, 2.75) is 13.1 Å². The highest BCUT2D eigenvalue weighted by atomic mass is 16.3. The molecule has 0 bridgehead atoms. The number of rotatable bonds is 5. The molecular weight excluding hydrogens is 290 g/mol. The van der Waals surface area contributed by atoms with Gasteiger partial charge in [-0.05, 0) is 24.3 Å². The van der Waals surface area contributed by atoms with Crippen LogP contribution >= 0.6 is 0 Å². The third-order valence-electron chi connectivity index (χ3n) is 3.82. The van der Waals surface area contributed by atoms with Gasteiger partial charge in [-0.1, -0.05) is 24.3 Å². The smallest absolute Gasteiger partial charge is 0.121 e. The molecule has 0 saturated heterocycles. The van der Waals surface area contributed by atoms with Gasteiger partial charge in [-0.2, -0.15) is 0 Å². The fourth-order valence-electron chi connectivity index (χ4n) is 2.74. The second-order valence-electron chi connectivity index (χ2n) is 5.53. The Balaban J connectivity index is 1.53. The summed E-state index contributed by atoms with van der Waals surface area (Å²) < 4.78 is 0. The number of aliphatic hydroxyl groups is 1. The quantitative estimate of drug-likeness (QED) is 0.495. The monoisotopic (exact) mass is 307 g/mol. The first-order chi connectivity index (χ1) is 11.3. The van der Waals surface area contributed by atoms with Crippen LogP contribution in [-0.2, 0) is 13.1 Å². The summed E-state index contributed by atoms with van der Waals surface area (Å²) in [5, 5.41) is 9.64. The maximum Gasteiger partial charge on any atom is 0.121 e. The standard InChI is InChI=1S/C17H17N5O/c23-11-22(9-16-18-12-5-1-2-6-13(12)19-16)10-17-20-14-7-3-4-8-15(14)21-17/h1-8,23H,9-11H2,(H,18,19)(H,20,21). The molecule has 3 N–H and O–H groups in total. The zero-order valence-electron chi connectivity index (χ0n) is 12.5. The normalized spacial score (nSPS) is 11.7. The van der Waals surface area contributed by atoms with Gasteiger partial charge in [0.1, 0.15) is 11.6 Å². The van der Waals surface area contributed by atoms with Crippen LogP contribution < -0.4 is 0 Å². The van der Waals surface area contributed by atoms with E-state index in [1.807, 2.05) is 53.4 Å². The average Bonchev–Trinajstić information content (AvgIpc) is 3.16. The summed E-state index contributed by atoms with van der Waals surface area (Å²) in [5.74, 6) is 1.66. The molecule has 0 atom stereocenters. The van der Waals surface area contributed by atoms with Gasteiger partial charge >= 0.3 is 0 Å². The first-order valence-electron chi connectivity index (χ1n) is 7.52. The Kier molecular flexibility index (Phi) is 3.53. The number of para-hydroxylation sites is 4. The van der Waals surface area contributed by atoms with E-state index in [1.54, 1.807) is 0 Å². The molecule has 0 fully saturated rings. The number of imidazole rings is 2. The number of nitrogens with zero attached hydrogens (tertiary/aromatic N) is 3. The Morgan fingerprint density at radius 1 is 0.783 bits per heavy atom. The van der Waals surface area contributed by atoms with E-state index in [1.165, 1.54) is 0 Å². The van der Waals surface area contributed by atoms with Crippen LogP contribution in [0.15, 0.2) is 48.5 Å². The van der Waals surface area contributed by atoms with E-state index in [0.29, 0.717) is 13.1 Å². The molecule has 0 saturated carbocycles. The number of nitrogens with one attached hydrogen (secondary N) is 2. The number of benzene rings is 2. The van der Waals surface area contributed by atoms with Crippen molar-refractivity contribution >= 4 is 22.1 Å². The largest absolute Gasteiger partial charge is 0.381 e. The number of aromatic nitrogens is 4. The highest BCUT2D eigenvalue weighted by Gasteiger charge is 2.11. The summed E-state index contributed by atoms with van der Waals surface area (Å²) in [6.07, 6.45) is 0. The third kappa shape index (κ3) is 2.81. The highest BCUT2D eigenvalue weighted by Crippen LogP contribution is 2.14. The Morgan fingerprint density at radius 3 is 1.70 bits per heavy atom. The number of fused-ring (bicyclic) bond motifs is 2. The summed E-state index contributed by atoms with van der Waals surface area (Å²) in [4.78, 5) is 17.5. The molecule has 0 aliphatic carbocycles. The predicted octanol–water partition coefficient (Wildman–Crippen LogP) is 2.39. The van der Waals surface area contributed by atoms with Crippen molar-refractivity contribution in [2.75, 3.05) is 6.73 Å². The second-order valence-corrected chi connectivity index (χ2v) is 5.53. The molecule has 116 valence electrons. The summed E-state index contributed by atoms with van der Waals surface area (Å²) in [5.41, 5.74) is 3.88. The number of hydrogen-bond acceptors (Lipinski definition) is 4. The molecule has 0 aliphatic heterocycles. The molecule has 4 rings (SSSR count).